The Labute approximate surface area is 189 Å². The van der Waals surface area contributed by atoms with Crippen molar-refractivity contribution in [3.05, 3.63) is 0 Å². The zero-order chi connectivity index (χ0) is 23.3. The molecule has 0 saturated carbocycles. The Hall–Kier alpha value is -0.990. The maximum absolute atomic E-state index is 13.3. The van der Waals surface area contributed by atoms with E-state index in [0.29, 0.717) is 12.5 Å². The van der Waals surface area contributed by atoms with E-state index in [1.807, 2.05) is 37.0 Å². The fraction of sp³-hybridized carbons (Fsp3) is 0.909. The molecule has 1 aliphatic rings. The third kappa shape index (κ3) is 8.63. The molecule has 30 heavy (non-hydrogen) atoms. The van der Waals surface area contributed by atoms with E-state index in [2.05, 4.69) is 63.4 Å². The number of likely N-dealkylation sites (N-methyl/N-ethyl adjacent to an activating group) is 1. The van der Waals surface area contributed by atoms with Gasteiger partial charge in [0.25, 0.3) is 0 Å². The van der Waals surface area contributed by atoms with Crippen molar-refractivity contribution in [2.75, 3.05) is 33.2 Å². The lowest BCUT2D eigenvalue weighted by Crippen LogP contribution is -2.60. The Bertz CT molecular complexity index is 571. The molecule has 1 saturated heterocycles. The van der Waals surface area contributed by atoms with E-state index in [1.54, 1.807) is 0 Å². The van der Waals surface area contributed by atoms with Crippen molar-refractivity contribution < 1.29 is 9.59 Å². The molecule has 176 valence electrons. The molecule has 0 radical (unpaired) electrons. The van der Waals surface area contributed by atoms with Crippen LogP contribution in [0, 0.1) is 16.7 Å². The molecule has 4 atom stereocenters. The third-order valence-corrected chi connectivity index (χ3v) is 5.97. The molecule has 4 unspecified atom stereocenters. The maximum atomic E-state index is 13.3. The number of thiol groups is 1. The lowest BCUT2D eigenvalue weighted by Gasteiger charge is -2.37. The van der Waals surface area contributed by atoms with E-state index in [9.17, 15) is 9.59 Å². The van der Waals surface area contributed by atoms with E-state index in [1.165, 1.54) is 0 Å². The summed E-state index contributed by atoms with van der Waals surface area (Å²) in [6.45, 7) is 19.5. The van der Waals surface area contributed by atoms with E-state index < -0.39 is 6.04 Å². The summed E-state index contributed by atoms with van der Waals surface area (Å²) in [6.07, 6.45) is 1.01. The number of hydrogen-bond acceptors (Lipinski definition) is 5. The zero-order valence-electron chi connectivity index (χ0n) is 20.5. The third-order valence-electron chi connectivity index (χ3n) is 5.77. The summed E-state index contributed by atoms with van der Waals surface area (Å²) in [7, 11) is 1.91. The molecule has 0 spiro atoms. The van der Waals surface area contributed by atoms with Crippen LogP contribution >= 0.6 is 12.8 Å². The van der Waals surface area contributed by atoms with Crippen molar-refractivity contribution in [3.8, 4) is 0 Å². The van der Waals surface area contributed by atoms with Gasteiger partial charge in [0.2, 0.25) is 5.91 Å². The first kappa shape index (κ1) is 27.0. The fourth-order valence-electron chi connectivity index (χ4n) is 3.81. The molecule has 0 bridgehead atoms. The molecule has 0 aliphatic carbocycles. The lowest BCUT2D eigenvalue weighted by molar-refractivity contribution is -0.136. The largest absolute Gasteiger partial charge is 0.338 e. The molecule has 1 fully saturated rings. The molecule has 3 amide bonds. The summed E-state index contributed by atoms with van der Waals surface area (Å²) in [6, 6.07) is -0.740. The maximum Gasteiger partial charge on any atom is 0.315 e. The quantitative estimate of drug-likeness (QED) is 0.344. The number of carbonyl (C=O) groups excluding carboxylic acids is 2. The van der Waals surface area contributed by atoms with Crippen LogP contribution in [0.25, 0.3) is 0 Å². The van der Waals surface area contributed by atoms with Crippen molar-refractivity contribution in [1.82, 2.24) is 25.2 Å². The highest BCUT2D eigenvalue weighted by Gasteiger charge is 2.40. The van der Waals surface area contributed by atoms with Gasteiger partial charge in [-0.05, 0) is 37.1 Å². The monoisotopic (exact) mass is 443 g/mol. The zero-order valence-corrected chi connectivity index (χ0v) is 21.4. The Morgan fingerprint density at radius 1 is 1.10 bits per heavy atom. The van der Waals surface area contributed by atoms with E-state index >= 15 is 0 Å². The highest BCUT2D eigenvalue weighted by molar-refractivity contribution is 7.77. The first-order valence-electron chi connectivity index (χ1n) is 11.1. The summed E-state index contributed by atoms with van der Waals surface area (Å²) in [5, 5.41) is 9.47. The number of amides is 3. The normalized spacial score (nSPS) is 22.2. The predicted molar refractivity (Wildman–Crippen MR) is 128 cm³/mol. The molecule has 0 aromatic rings. The Morgan fingerprint density at radius 3 is 2.13 bits per heavy atom. The molecule has 0 aromatic heterocycles. The topological polar surface area (TPSA) is 76.7 Å². The number of urea groups is 1. The SMILES string of the molecule is CC1CC(C)N(C(=O)C(NC(=O)NC(CNCCN(C)S)C(C)(C)C)C(C)(C)C)C1. The standard InChI is InChI=1S/C22H45N5O2S/c1-15-12-16(2)27(14-15)19(28)18(22(6,7)8)25-20(29)24-17(21(3,4)5)13-23-10-11-26(9)30/h15-18,23,30H,10-14H2,1-9H3,(H2,24,25,29). The minimum atomic E-state index is -0.573. The number of carbonyl (C=O) groups is 2. The van der Waals surface area contributed by atoms with Crippen molar-refractivity contribution in [1.29, 1.82) is 0 Å². The van der Waals surface area contributed by atoms with E-state index in [-0.39, 0.29) is 34.9 Å². The molecule has 3 N–H and O–H groups in total. The van der Waals surface area contributed by atoms with Crippen LogP contribution in [0.5, 0.6) is 0 Å². The van der Waals surface area contributed by atoms with Crippen LogP contribution in [-0.2, 0) is 4.79 Å². The van der Waals surface area contributed by atoms with Crippen molar-refractivity contribution in [2.24, 2.45) is 16.7 Å². The summed E-state index contributed by atoms with van der Waals surface area (Å²) in [4.78, 5) is 28.2. The highest BCUT2D eigenvalue weighted by Crippen LogP contribution is 2.28. The molecular formula is C22H45N5O2S. The van der Waals surface area contributed by atoms with Crippen LogP contribution in [-0.4, -0.2) is 72.5 Å². The van der Waals surface area contributed by atoms with Crippen molar-refractivity contribution >= 4 is 24.8 Å². The first-order valence-corrected chi connectivity index (χ1v) is 11.5. The van der Waals surface area contributed by atoms with Crippen molar-refractivity contribution in [2.45, 2.75) is 79.9 Å². The van der Waals surface area contributed by atoms with Crippen LogP contribution < -0.4 is 16.0 Å². The second-order valence-electron chi connectivity index (χ2n) is 11.1. The van der Waals surface area contributed by atoms with Gasteiger partial charge >= 0.3 is 6.03 Å². The van der Waals surface area contributed by atoms with Crippen LogP contribution in [0.4, 0.5) is 4.79 Å². The van der Waals surface area contributed by atoms with Gasteiger partial charge in [0.1, 0.15) is 6.04 Å². The molecule has 0 aromatic carbocycles. The minimum absolute atomic E-state index is 0.0109. The molecule has 1 rings (SSSR count). The van der Waals surface area contributed by atoms with Gasteiger partial charge in [-0.1, -0.05) is 61.3 Å². The van der Waals surface area contributed by atoms with E-state index in [4.69, 9.17) is 0 Å². The predicted octanol–water partition coefficient (Wildman–Crippen LogP) is 2.74. The average Bonchev–Trinajstić information content (AvgIpc) is 2.91. The first-order chi connectivity index (χ1) is 13.6. The van der Waals surface area contributed by atoms with Gasteiger partial charge in [0.15, 0.2) is 0 Å². The number of rotatable bonds is 8. The van der Waals surface area contributed by atoms with Gasteiger partial charge in [-0.3, -0.25) is 9.10 Å². The second kappa shape index (κ2) is 11.0. The summed E-state index contributed by atoms with van der Waals surface area (Å²) >= 11 is 4.25. The molecule has 8 heteroatoms. The van der Waals surface area contributed by atoms with Crippen molar-refractivity contribution in [3.63, 3.8) is 0 Å². The number of likely N-dealkylation sites (tertiary alicyclic amines) is 1. The number of nitrogens with one attached hydrogen (secondary N) is 3. The van der Waals surface area contributed by atoms with Gasteiger partial charge in [0, 0.05) is 38.3 Å². The fourth-order valence-corrected chi connectivity index (χ4v) is 3.91. The van der Waals surface area contributed by atoms with Crippen LogP contribution in [0.1, 0.15) is 61.8 Å². The molecular weight excluding hydrogens is 398 g/mol. The summed E-state index contributed by atoms with van der Waals surface area (Å²) in [5.74, 6) is 0.503. The highest BCUT2D eigenvalue weighted by atomic mass is 32.1. The van der Waals surface area contributed by atoms with Crippen LogP contribution in [0.3, 0.4) is 0 Å². The van der Waals surface area contributed by atoms with Gasteiger partial charge in [-0.25, -0.2) is 4.79 Å². The number of hydrogen-bond donors (Lipinski definition) is 4. The average molecular weight is 444 g/mol. The summed E-state index contributed by atoms with van der Waals surface area (Å²) in [5.41, 5.74) is -0.510. The minimum Gasteiger partial charge on any atom is -0.338 e. The molecule has 1 heterocycles. The number of nitrogens with zero attached hydrogens (tertiary/aromatic N) is 2. The Balaban J connectivity index is 2.80. The van der Waals surface area contributed by atoms with Crippen LogP contribution in [0.15, 0.2) is 0 Å². The van der Waals surface area contributed by atoms with Gasteiger partial charge in [-0.15, -0.1) is 0 Å². The smallest absolute Gasteiger partial charge is 0.315 e. The lowest BCUT2D eigenvalue weighted by atomic mass is 9.85. The summed E-state index contributed by atoms with van der Waals surface area (Å²) < 4.78 is 1.82. The molecule has 1 aliphatic heterocycles. The Kier molecular flexibility index (Phi) is 9.96. The second-order valence-corrected chi connectivity index (χ2v) is 11.8. The van der Waals surface area contributed by atoms with Gasteiger partial charge in [-0.2, -0.15) is 0 Å². The van der Waals surface area contributed by atoms with Gasteiger partial charge in [0.05, 0.1) is 0 Å². The molecule has 7 nitrogen and oxygen atoms in total. The van der Waals surface area contributed by atoms with Crippen LogP contribution in [0.2, 0.25) is 0 Å². The van der Waals surface area contributed by atoms with E-state index in [0.717, 1.165) is 26.1 Å². The van der Waals surface area contributed by atoms with Gasteiger partial charge < -0.3 is 20.9 Å². The Morgan fingerprint density at radius 2 is 1.70 bits per heavy atom.